The molecular weight excluding hydrogens is 255 g/mol. The number of aliphatic hydroxyl groups excluding tert-OH is 1. The lowest BCUT2D eigenvalue weighted by Gasteiger charge is -2.20. The first-order valence-electron chi connectivity index (χ1n) is 6.67. The molecule has 1 aromatic heterocycles. The van der Waals surface area contributed by atoms with E-state index in [1.165, 1.54) is 12.1 Å². The SMILES string of the molecule is CN(CCc1ccccn1)CC(O)c1ccc(F)cc1. The van der Waals surface area contributed by atoms with Gasteiger partial charge in [-0.15, -0.1) is 0 Å². The number of nitrogens with zero attached hydrogens (tertiary/aromatic N) is 2. The number of rotatable bonds is 6. The predicted molar refractivity (Wildman–Crippen MR) is 76.8 cm³/mol. The summed E-state index contributed by atoms with van der Waals surface area (Å²) in [6.45, 7) is 1.33. The fourth-order valence-corrected chi connectivity index (χ4v) is 2.03. The first-order valence-corrected chi connectivity index (χ1v) is 6.67. The standard InChI is InChI=1S/C16H19FN2O/c1-19(11-9-15-4-2-3-10-18-15)12-16(20)13-5-7-14(17)8-6-13/h2-8,10,16,20H,9,11-12H2,1H3. The Balaban J connectivity index is 1.82. The minimum Gasteiger partial charge on any atom is -0.387 e. The third-order valence-corrected chi connectivity index (χ3v) is 3.22. The number of benzene rings is 1. The average molecular weight is 274 g/mol. The van der Waals surface area contributed by atoms with E-state index in [2.05, 4.69) is 4.98 Å². The molecule has 1 atom stereocenters. The van der Waals surface area contributed by atoms with Crippen molar-refractivity contribution in [1.29, 1.82) is 0 Å². The van der Waals surface area contributed by atoms with Gasteiger partial charge >= 0.3 is 0 Å². The molecule has 0 aliphatic heterocycles. The van der Waals surface area contributed by atoms with Crippen molar-refractivity contribution in [2.75, 3.05) is 20.1 Å². The van der Waals surface area contributed by atoms with Crippen molar-refractivity contribution in [3.8, 4) is 0 Å². The van der Waals surface area contributed by atoms with Gasteiger partial charge in [0, 0.05) is 31.4 Å². The fraction of sp³-hybridized carbons (Fsp3) is 0.312. The van der Waals surface area contributed by atoms with Crippen LogP contribution in [-0.2, 0) is 6.42 Å². The molecule has 20 heavy (non-hydrogen) atoms. The zero-order valence-electron chi connectivity index (χ0n) is 11.5. The lowest BCUT2D eigenvalue weighted by atomic mass is 10.1. The Morgan fingerprint density at radius 3 is 2.60 bits per heavy atom. The molecule has 0 spiro atoms. The summed E-state index contributed by atoms with van der Waals surface area (Å²) in [6, 6.07) is 11.8. The molecule has 0 aliphatic carbocycles. The van der Waals surface area contributed by atoms with Crippen LogP contribution in [0.1, 0.15) is 17.4 Å². The van der Waals surface area contributed by atoms with Gasteiger partial charge in [-0.3, -0.25) is 4.98 Å². The minimum absolute atomic E-state index is 0.288. The first kappa shape index (κ1) is 14.6. The summed E-state index contributed by atoms with van der Waals surface area (Å²) < 4.78 is 12.8. The molecule has 1 unspecified atom stereocenters. The Morgan fingerprint density at radius 2 is 1.95 bits per heavy atom. The molecule has 0 fully saturated rings. The largest absolute Gasteiger partial charge is 0.387 e. The molecule has 0 saturated heterocycles. The number of aliphatic hydroxyl groups is 1. The zero-order chi connectivity index (χ0) is 14.4. The lowest BCUT2D eigenvalue weighted by Crippen LogP contribution is -2.27. The van der Waals surface area contributed by atoms with Gasteiger partial charge in [-0.2, -0.15) is 0 Å². The molecular formula is C16H19FN2O. The first-order chi connectivity index (χ1) is 9.65. The summed E-state index contributed by atoms with van der Waals surface area (Å²) in [4.78, 5) is 6.31. The summed E-state index contributed by atoms with van der Waals surface area (Å²) in [6.07, 6.45) is 2.01. The van der Waals surface area contributed by atoms with Crippen LogP contribution < -0.4 is 0 Å². The molecule has 2 aromatic rings. The molecule has 1 heterocycles. The monoisotopic (exact) mass is 274 g/mol. The van der Waals surface area contributed by atoms with E-state index in [0.29, 0.717) is 6.54 Å². The molecule has 0 amide bonds. The maximum atomic E-state index is 12.8. The van der Waals surface area contributed by atoms with Crippen molar-refractivity contribution >= 4 is 0 Å². The van der Waals surface area contributed by atoms with Crippen LogP contribution in [0.2, 0.25) is 0 Å². The summed E-state index contributed by atoms with van der Waals surface area (Å²) in [5.74, 6) is -0.288. The molecule has 1 N–H and O–H groups in total. The third-order valence-electron chi connectivity index (χ3n) is 3.22. The molecule has 3 nitrogen and oxygen atoms in total. The highest BCUT2D eigenvalue weighted by Crippen LogP contribution is 2.14. The van der Waals surface area contributed by atoms with Crippen LogP contribution in [-0.4, -0.2) is 35.1 Å². The van der Waals surface area contributed by atoms with Crippen molar-refractivity contribution in [2.24, 2.45) is 0 Å². The quantitative estimate of drug-likeness (QED) is 0.879. The van der Waals surface area contributed by atoms with Gasteiger partial charge in [-0.1, -0.05) is 18.2 Å². The highest BCUT2D eigenvalue weighted by Gasteiger charge is 2.10. The molecule has 0 radical (unpaired) electrons. The van der Waals surface area contributed by atoms with Crippen LogP contribution in [0.5, 0.6) is 0 Å². The van der Waals surface area contributed by atoms with Gasteiger partial charge in [0.05, 0.1) is 6.10 Å². The normalized spacial score (nSPS) is 12.6. The number of pyridine rings is 1. The van der Waals surface area contributed by atoms with Crippen molar-refractivity contribution < 1.29 is 9.50 Å². The van der Waals surface area contributed by atoms with Crippen molar-refractivity contribution in [2.45, 2.75) is 12.5 Å². The van der Waals surface area contributed by atoms with E-state index in [4.69, 9.17) is 0 Å². The van der Waals surface area contributed by atoms with Gasteiger partial charge in [-0.05, 0) is 36.9 Å². The zero-order valence-corrected chi connectivity index (χ0v) is 11.5. The molecule has 0 aliphatic rings. The lowest BCUT2D eigenvalue weighted by molar-refractivity contribution is 0.127. The Bertz CT molecular complexity index is 516. The van der Waals surface area contributed by atoms with Crippen LogP contribution in [0.4, 0.5) is 4.39 Å². The van der Waals surface area contributed by atoms with Gasteiger partial charge in [-0.25, -0.2) is 4.39 Å². The Hall–Kier alpha value is -1.78. The van der Waals surface area contributed by atoms with E-state index in [1.807, 2.05) is 30.1 Å². The molecule has 0 bridgehead atoms. The molecule has 2 rings (SSSR count). The molecule has 0 saturated carbocycles. The Labute approximate surface area is 118 Å². The fourth-order valence-electron chi connectivity index (χ4n) is 2.03. The Morgan fingerprint density at radius 1 is 1.20 bits per heavy atom. The van der Waals surface area contributed by atoms with Crippen molar-refractivity contribution in [1.82, 2.24) is 9.88 Å². The predicted octanol–water partition coefficient (Wildman–Crippen LogP) is 2.43. The maximum Gasteiger partial charge on any atom is 0.123 e. The van der Waals surface area contributed by atoms with Crippen LogP contribution in [0.25, 0.3) is 0 Å². The number of likely N-dealkylation sites (N-methyl/N-ethyl adjacent to an activating group) is 1. The van der Waals surface area contributed by atoms with Crippen LogP contribution in [0, 0.1) is 5.82 Å². The molecule has 1 aromatic carbocycles. The number of aromatic nitrogens is 1. The van der Waals surface area contributed by atoms with Crippen molar-refractivity contribution in [3.05, 3.63) is 65.7 Å². The van der Waals surface area contributed by atoms with E-state index < -0.39 is 6.10 Å². The van der Waals surface area contributed by atoms with Crippen LogP contribution in [0.15, 0.2) is 48.7 Å². The highest BCUT2D eigenvalue weighted by molar-refractivity contribution is 5.18. The minimum atomic E-state index is -0.607. The van der Waals surface area contributed by atoms with Gasteiger partial charge < -0.3 is 10.0 Å². The smallest absolute Gasteiger partial charge is 0.123 e. The van der Waals surface area contributed by atoms with Gasteiger partial charge in [0.1, 0.15) is 5.82 Å². The molecule has 4 heteroatoms. The van der Waals surface area contributed by atoms with Crippen molar-refractivity contribution in [3.63, 3.8) is 0 Å². The van der Waals surface area contributed by atoms with E-state index in [0.717, 1.165) is 24.2 Å². The second kappa shape index (κ2) is 7.12. The summed E-state index contributed by atoms with van der Waals surface area (Å²) in [5.41, 5.74) is 1.77. The van der Waals surface area contributed by atoms with Crippen LogP contribution in [0.3, 0.4) is 0 Å². The van der Waals surface area contributed by atoms with Gasteiger partial charge in [0.2, 0.25) is 0 Å². The average Bonchev–Trinajstić information content (AvgIpc) is 2.47. The third kappa shape index (κ3) is 4.40. The number of hydrogen-bond donors (Lipinski definition) is 1. The Kier molecular flexibility index (Phi) is 5.21. The van der Waals surface area contributed by atoms with Crippen LogP contribution >= 0.6 is 0 Å². The summed E-state index contributed by atoms with van der Waals surface area (Å²) in [7, 11) is 1.95. The number of halogens is 1. The van der Waals surface area contributed by atoms with E-state index in [9.17, 15) is 9.50 Å². The highest BCUT2D eigenvalue weighted by atomic mass is 19.1. The maximum absolute atomic E-state index is 12.8. The summed E-state index contributed by atoms with van der Waals surface area (Å²) in [5, 5.41) is 10.1. The second-order valence-corrected chi connectivity index (χ2v) is 4.90. The van der Waals surface area contributed by atoms with Gasteiger partial charge in [0.15, 0.2) is 0 Å². The topological polar surface area (TPSA) is 36.4 Å². The van der Waals surface area contributed by atoms with E-state index >= 15 is 0 Å². The molecule has 106 valence electrons. The van der Waals surface area contributed by atoms with E-state index in [1.54, 1.807) is 18.3 Å². The second-order valence-electron chi connectivity index (χ2n) is 4.90. The van der Waals surface area contributed by atoms with Gasteiger partial charge in [0.25, 0.3) is 0 Å². The summed E-state index contributed by atoms with van der Waals surface area (Å²) >= 11 is 0. The van der Waals surface area contributed by atoms with E-state index in [-0.39, 0.29) is 5.82 Å². The number of hydrogen-bond acceptors (Lipinski definition) is 3.